The third kappa shape index (κ3) is 5.89. The van der Waals surface area contributed by atoms with Crippen molar-refractivity contribution in [3.8, 4) is 11.1 Å². The lowest BCUT2D eigenvalue weighted by Crippen LogP contribution is -1.79. The van der Waals surface area contributed by atoms with Crippen LogP contribution in [0.2, 0.25) is 0 Å². The fourth-order valence-electron chi connectivity index (χ4n) is 2.68. The first kappa shape index (κ1) is 16.5. The quantitative estimate of drug-likeness (QED) is 0.432. The van der Waals surface area contributed by atoms with Gasteiger partial charge in [0, 0.05) is 0 Å². The number of benzene rings is 2. The van der Waals surface area contributed by atoms with E-state index in [0.717, 1.165) is 0 Å². The van der Waals surface area contributed by atoms with Crippen LogP contribution in [0, 0.1) is 0 Å². The van der Waals surface area contributed by atoms with Gasteiger partial charge in [-0.05, 0) is 29.5 Å². The molecule has 0 amide bonds. The van der Waals surface area contributed by atoms with E-state index in [1.54, 1.807) is 0 Å². The van der Waals surface area contributed by atoms with Crippen LogP contribution in [0.15, 0.2) is 60.7 Å². The average Bonchev–Trinajstić information content (AvgIpc) is 2.59. The zero-order valence-electron chi connectivity index (χ0n) is 13.8. The van der Waals surface area contributed by atoms with Crippen LogP contribution in [0.25, 0.3) is 17.2 Å². The predicted molar refractivity (Wildman–Crippen MR) is 98.9 cm³/mol. The van der Waals surface area contributed by atoms with E-state index in [-0.39, 0.29) is 0 Å². The molecule has 0 aliphatic carbocycles. The van der Waals surface area contributed by atoms with Crippen LogP contribution in [0.5, 0.6) is 0 Å². The van der Waals surface area contributed by atoms with Gasteiger partial charge in [0.1, 0.15) is 0 Å². The molecule has 2 aromatic carbocycles. The second-order valence-electron chi connectivity index (χ2n) is 5.95. The maximum atomic E-state index is 2.32. The number of unbranched alkanes of at least 4 members (excludes halogenated alkanes) is 6. The van der Waals surface area contributed by atoms with Gasteiger partial charge >= 0.3 is 0 Å². The third-order valence-corrected chi connectivity index (χ3v) is 4.05. The maximum absolute atomic E-state index is 2.32. The van der Waals surface area contributed by atoms with E-state index in [1.165, 1.54) is 61.6 Å². The molecule has 0 radical (unpaired) electrons. The Morgan fingerprint density at radius 1 is 0.682 bits per heavy atom. The summed E-state index contributed by atoms with van der Waals surface area (Å²) in [5.41, 5.74) is 3.87. The Morgan fingerprint density at radius 3 is 2.05 bits per heavy atom. The molecule has 2 rings (SSSR count). The smallest absolute Gasteiger partial charge is 0.0184 e. The molecule has 0 atom stereocenters. The van der Waals surface area contributed by atoms with E-state index in [4.69, 9.17) is 0 Å². The highest BCUT2D eigenvalue weighted by Crippen LogP contribution is 2.19. The Hall–Kier alpha value is -1.82. The molecule has 116 valence electrons. The Labute approximate surface area is 135 Å². The SMILES string of the molecule is CCCCCCCC/C=C/c1ccc(-c2ccccc2)cc1. The summed E-state index contributed by atoms with van der Waals surface area (Å²) in [7, 11) is 0. The van der Waals surface area contributed by atoms with Crippen LogP contribution in [0.4, 0.5) is 0 Å². The monoisotopic (exact) mass is 292 g/mol. The van der Waals surface area contributed by atoms with Crippen molar-refractivity contribution in [3.63, 3.8) is 0 Å². The van der Waals surface area contributed by atoms with Gasteiger partial charge in [-0.1, -0.05) is 106 Å². The Balaban J connectivity index is 1.73. The fourth-order valence-corrected chi connectivity index (χ4v) is 2.68. The normalized spacial score (nSPS) is 11.1. The molecule has 0 aliphatic rings. The van der Waals surface area contributed by atoms with Crippen LogP contribution in [-0.4, -0.2) is 0 Å². The largest absolute Gasteiger partial charge is 0.0839 e. The summed E-state index contributed by atoms with van der Waals surface area (Å²) in [6, 6.07) is 19.4. The molecule has 0 N–H and O–H groups in total. The van der Waals surface area contributed by atoms with E-state index in [0.29, 0.717) is 0 Å². The number of rotatable bonds is 9. The van der Waals surface area contributed by atoms with Crippen molar-refractivity contribution in [2.45, 2.75) is 51.9 Å². The second kappa shape index (κ2) is 10.00. The van der Waals surface area contributed by atoms with Gasteiger partial charge in [0.15, 0.2) is 0 Å². The molecule has 0 saturated carbocycles. The molecule has 0 bridgehead atoms. The van der Waals surface area contributed by atoms with Gasteiger partial charge in [-0.2, -0.15) is 0 Å². The average molecular weight is 292 g/mol. The number of hydrogen-bond donors (Lipinski definition) is 0. The lowest BCUT2D eigenvalue weighted by Gasteiger charge is -2.02. The van der Waals surface area contributed by atoms with Gasteiger partial charge in [-0.15, -0.1) is 0 Å². The number of hydrogen-bond acceptors (Lipinski definition) is 0. The van der Waals surface area contributed by atoms with Crippen molar-refractivity contribution >= 4 is 6.08 Å². The van der Waals surface area contributed by atoms with Crippen LogP contribution in [0.3, 0.4) is 0 Å². The molecule has 0 heterocycles. The summed E-state index contributed by atoms with van der Waals surface area (Å²) in [5, 5.41) is 0. The molecule has 0 saturated heterocycles. The molecule has 0 nitrogen and oxygen atoms in total. The summed E-state index contributed by atoms with van der Waals surface area (Å²) in [6.07, 6.45) is 14.0. The van der Waals surface area contributed by atoms with Crippen molar-refractivity contribution in [2.75, 3.05) is 0 Å². The van der Waals surface area contributed by atoms with Gasteiger partial charge in [0.25, 0.3) is 0 Å². The topological polar surface area (TPSA) is 0 Å². The van der Waals surface area contributed by atoms with Gasteiger partial charge in [0.05, 0.1) is 0 Å². The molecule has 2 aromatic rings. The number of allylic oxidation sites excluding steroid dienone is 1. The fraction of sp³-hybridized carbons (Fsp3) is 0.364. The second-order valence-corrected chi connectivity index (χ2v) is 5.95. The van der Waals surface area contributed by atoms with Gasteiger partial charge in [0.2, 0.25) is 0 Å². The molecule has 0 heteroatoms. The van der Waals surface area contributed by atoms with E-state index < -0.39 is 0 Å². The summed E-state index contributed by atoms with van der Waals surface area (Å²) in [6.45, 7) is 2.27. The van der Waals surface area contributed by atoms with Crippen LogP contribution in [-0.2, 0) is 0 Å². The van der Waals surface area contributed by atoms with Crippen molar-refractivity contribution in [1.29, 1.82) is 0 Å². The van der Waals surface area contributed by atoms with Crippen molar-refractivity contribution < 1.29 is 0 Å². The first-order valence-corrected chi connectivity index (χ1v) is 8.72. The standard InChI is InChI=1S/C22H28/c1-2-3-4-5-6-7-8-10-13-20-16-18-22(19-17-20)21-14-11-9-12-15-21/h9-19H,2-8H2,1H3/b13-10+. The van der Waals surface area contributed by atoms with E-state index >= 15 is 0 Å². The minimum Gasteiger partial charge on any atom is -0.0839 e. The lowest BCUT2D eigenvalue weighted by atomic mass is 10.0. The van der Waals surface area contributed by atoms with Gasteiger partial charge < -0.3 is 0 Å². The van der Waals surface area contributed by atoms with Crippen molar-refractivity contribution in [1.82, 2.24) is 0 Å². The third-order valence-electron chi connectivity index (χ3n) is 4.05. The maximum Gasteiger partial charge on any atom is -0.0184 e. The Bertz CT molecular complexity index is 534. The molecule has 0 aromatic heterocycles. The van der Waals surface area contributed by atoms with Gasteiger partial charge in [-0.25, -0.2) is 0 Å². The van der Waals surface area contributed by atoms with E-state index in [1.807, 2.05) is 0 Å². The highest BCUT2D eigenvalue weighted by molar-refractivity contribution is 5.65. The van der Waals surface area contributed by atoms with Crippen molar-refractivity contribution in [2.24, 2.45) is 0 Å². The minimum atomic E-state index is 1.20. The molecule has 0 fully saturated rings. The summed E-state index contributed by atoms with van der Waals surface area (Å²) < 4.78 is 0. The predicted octanol–water partition coefficient (Wildman–Crippen LogP) is 7.12. The molecule has 0 unspecified atom stereocenters. The molecular weight excluding hydrogens is 264 g/mol. The van der Waals surface area contributed by atoms with E-state index in [2.05, 4.69) is 73.7 Å². The molecule has 0 aliphatic heterocycles. The van der Waals surface area contributed by atoms with Crippen LogP contribution >= 0.6 is 0 Å². The summed E-state index contributed by atoms with van der Waals surface area (Å²) >= 11 is 0. The van der Waals surface area contributed by atoms with Crippen molar-refractivity contribution in [3.05, 3.63) is 66.2 Å². The Morgan fingerprint density at radius 2 is 1.32 bits per heavy atom. The Kier molecular flexibility index (Phi) is 7.52. The first-order chi connectivity index (χ1) is 10.9. The summed E-state index contributed by atoms with van der Waals surface area (Å²) in [4.78, 5) is 0. The zero-order valence-corrected chi connectivity index (χ0v) is 13.8. The van der Waals surface area contributed by atoms with Gasteiger partial charge in [-0.3, -0.25) is 0 Å². The molecular formula is C22H28. The first-order valence-electron chi connectivity index (χ1n) is 8.72. The summed E-state index contributed by atoms with van der Waals surface area (Å²) in [5.74, 6) is 0. The van der Waals surface area contributed by atoms with Crippen LogP contribution < -0.4 is 0 Å². The molecule has 0 spiro atoms. The van der Waals surface area contributed by atoms with E-state index in [9.17, 15) is 0 Å². The molecule has 22 heavy (non-hydrogen) atoms. The minimum absolute atomic E-state index is 1.20. The zero-order chi connectivity index (χ0) is 15.5. The van der Waals surface area contributed by atoms with Crippen LogP contribution in [0.1, 0.15) is 57.4 Å². The lowest BCUT2D eigenvalue weighted by molar-refractivity contribution is 0.611. The highest BCUT2D eigenvalue weighted by atomic mass is 14.0. The highest BCUT2D eigenvalue weighted by Gasteiger charge is 1.95.